The fourth-order valence-electron chi connectivity index (χ4n) is 4.28. The molecule has 0 bridgehead atoms. The van der Waals surface area contributed by atoms with Crippen LogP contribution in [-0.2, 0) is 11.8 Å². The van der Waals surface area contributed by atoms with Gasteiger partial charge in [0.2, 0.25) is 11.9 Å². The molecule has 1 aliphatic rings. The number of likely N-dealkylation sites (N-methyl/N-ethyl adjacent to an activating group) is 2. The molecular formula is C28H34N8O2. The number of anilines is 4. The third-order valence-electron chi connectivity index (χ3n) is 6.25. The van der Waals surface area contributed by atoms with Gasteiger partial charge >= 0.3 is 0 Å². The number of nitrogens with zero attached hydrogens (tertiary/aromatic N) is 5. The van der Waals surface area contributed by atoms with Gasteiger partial charge < -0.3 is 35.1 Å². The van der Waals surface area contributed by atoms with Crippen LogP contribution in [-0.4, -0.2) is 66.7 Å². The van der Waals surface area contributed by atoms with Crippen LogP contribution < -0.4 is 25.6 Å². The molecule has 1 amide bonds. The molecule has 10 nitrogen and oxygen atoms in total. The van der Waals surface area contributed by atoms with Crippen molar-refractivity contribution in [1.29, 1.82) is 0 Å². The Morgan fingerprint density at radius 1 is 1.24 bits per heavy atom. The molecule has 1 aliphatic heterocycles. The minimum atomic E-state index is -0.306. The number of nitrogens with one attached hydrogen (secondary N) is 3. The standard InChI is InChI=1S/C28H34N8O2/c1-8-26(37)31-22-15-23(25(38-7)16-24(22)35(5)14-13-34(3)4)33-28-30-12-10-21(32-28)20-17-36(6)27-18(2)29-11-9-19(20)27/h8-12,15-17,29H,1-2,13-14H2,3-7H3,(H,31,37)(H,30,32,33). The first-order valence-electron chi connectivity index (χ1n) is 12.1. The summed E-state index contributed by atoms with van der Waals surface area (Å²) < 4.78 is 7.74. The second kappa shape index (κ2) is 11.2. The van der Waals surface area contributed by atoms with E-state index in [9.17, 15) is 4.79 Å². The van der Waals surface area contributed by atoms with Gasteiger partial charge in [-0.1, -0.05) is 13.2 Å². The second-order valence-corrected chi connectivity index (χ2v) is 9.25. The zero-order chi connectivity index (χ0) is 27.4. The summed E-state index contributed by atoms with van der Waals surface area (Å²) in [6, 6.07) is 5.58. The Kier molecular flexibility index (Phi) is 7.82. The number of hydrogen-bond donors (Lipinski definition) is 3. The van der Waals surface area contributed by atoms with E-state index in [1.165, 1.54) is 6.08 Å². The zero-order valence-electron chi connectivity index (χ0n) is 22.5. The van der Waals surface area contributed by atoms with Gasteiger partial charge in [0, 0.05) is 63.0 Å². The van der Waals surface area contributed by atoms with Gasteiger partial charge in [-0.25, -0.2) is 9.97 Å². The van der Waals surface area contributed by atoms with Gasteiger partial charge in [-0.3, -0.25) is 4.79 Å². The number of fused-ring (bicyclic) bond motifs is 1. The van der Waals surface area contributed by atoms with Crippen molar-refractivity contribution in [2.24, 2.45) is 7.05 Å². The first kappa shape index (κ1) is 26.5. The predicted molar refractivity (Wildman–Crippen MR) is 155 cm³/mol. The molecule has 1 aromatic carbocycles. The Bertz CT molecular complexity index is 1410. The molecule has 0 unspecified atom stereocenters. The van der Waals surface area contributed by atoms with Crippen LogP contribution in [0, 0.1) is 0 Å². The Labute approximate surface area is 223 Å². The molecule has 0 spiro atoms. The molecule has 3 heterocycles. The van der Waals surface area contributed by atoms with Crippen molar-refractivity contribution in [2.45, 2.75) is 0 Å². The van der Waals surface area contributed by atoms with Crippen molar-refractivity contribution in [3.63, 3.8) is 0 Å². The van der Waals surface area contributed by atoms with E-state index in [0.29, 0.717) is 23.1 Å². The van der Waals surface area contributed by atoms with Gasteiger partial charge in [0.05, 0.1) is 41.3 Å². The zero-order valence-corrected chi connectivity index (χ0v) is 22.5. The summed E-state index contributed by atoms with van der Waals surface area (Å²) in [5.74, 6) is 0.675. The summed E-state index contributed by atoms with van der Waals surface area (Å²) in [5.41, 5.74) is 6.65. The first-order valence-corrected chi connectivity index (χ1v) is 12.1. The highest BCUT2D eigenvalue weighted by molar-refractivity contribution is 6.02. The molecule has 2 aromatic heterocycles. The van der Waals surface area contributed by atoms with E-state index < -0.39 is 0 Å². The molecule has 0 aliphatic carbocycles. The number of aromatic nitrogens is 3. The minimum Gasteiger partial charge on any atom is -0.494 e. The van der Waals surface area contributed by atoms with E-state index in [-0.39, 0.29) is 5.91 Å². The number of amides is 1. The molecule has 10 heteroatoms. The van der Waals surface area contributed by atoms with Crippen LogP contribution in [0.3, 0.4) is 0 Å². The van der Waals surface area contributed by atoms with E-state index in [0.717, 1.165) is 47.0 Å². The van der Waals surface area contributed by atoms with Crippen LogP contribution in [0.25, 0.3) is 23.0 Å². The highest BCUT2D eigenvalue weighted by atomic mass is 16.5. The highest BCUT2D eigenvalue weighted by Crippen LogP contribution is 2.38. The van der Waals surface area contributed by atoms with Gasteiger partial charge in [-0.2, -0.15) is 0 Å². The maximum Gasteiger partial charge on any atom is 0.247 e. The molecule has 0 saturated heterocycles. The van der Waals surface area contributed by atoms with Crippen molar-refractivity contribution < 1.29 is 9.53 Å². The average molecular weight is 515 g/mol. The normalized spacial score (nSPS) is 12.1. The van der Waals surface area contributed by atoms with Crippen LogP contribution in [0.1, 0.15) is 11.3 Å². The number of methoxy groups -OCH3 is 1. The lowest BCUT2D eigenvalue weighted by Crippen LogP contribution is -2.29. The Morgan fingerprint density at radius 3 is 2.74 bits per heavy atom. The predicted octanol–water partition coefficient (Wildman–Crippen LogP) is 3.90. The van der Waals surface area contributed by atoms with Crippen molar-refractivity contribution in [3.8, 4) is 17.0 Å². The van der Waals surface area contributed by atoms with E-state index in [4.69, 9.17) is 9.72 Å². The number of carbonyl (C=O) groups excluding carboxylic acids is 1. The maximum absolute atomic E-state index is 12.2. The van der Waals surface area contributed by atoms with E-state index in [1.807, 2.05) is 69.4 Å². The molecule has 198 valence electrons. The first-order chi connectivity index (χ1) is 18.2. The Morgan fingerprint density at radius 2 is 2.03 bits per heavy atom. The summed E-state index contributed by atoms with van der Waals surface area (Å²) >= 11 is 0. The number of hydrogen-bond acceptors (Lipinski definition) is 8. The number of ether oxygens (including phenoxy) is 1. The molecule has 4 rings (SSSR count). The molecule has 0 radical (unpaired) electrons. The third kappa shape index (κ3) is 5.55. The number of rotatable bonds is 10. The highest BCUT2D eigenvalue weighted by Gasteiger charge is 2.20. The summed E-state index contributed by atoms with van der Waals surface area (Å²) in [6.45, 7) is 9.28. The lowest BCUT2D eigenvalue weighted by Gasteiger charge is -2.26. The monoisotopic (exact) mass is 514 g/mol. The van der Waals surface area contributed by atoms with Crippen molar-refractivity contribution in [2.75, 3.05) is 56.9 Å². The quantitative estimate of drug-likeness (QED) is 0.351. The van der Waals surface area contributed by atoms with Crippen LogP contribution in [0.2, 0.25) is 0 Å². The van der Waals surface area contributed by atoms with Crippen LogP contribution >= 0.6 is 0 Å². The maximum atomic E-state index is 12.2. The molecule has 0 fully saturated rings. The fourth-order valence-corrected chi connectivity index (χ4v) is 4.28. The number of benzene rings is 1. The molecule has 0 saturated carbocycles. The molecule has 0 atom stereocenters. The molecule has 38 heavy (non-hydrogen) atoms. The van der Waals surface area contributed by atoms with Crippen molar-refractivity contribution >= 4 is 40.7 Å². The van der Waals surface area contributed by atoms with Gasteiger partial charge in [0.15, 0.2) is 0 Å². The lowest BCUT2D eigenvalue weighted by atomic mass is 10.0. The SMILES string of the molecule is C=CC(=O)Nc1cc(Nc2nccc(-c3cn(C)c4c3C=CNC4=C)n2)c(OC)cc1N(C)CCN(C)C. The second-order valence-electron chi connectivity index (χ2n) is 9.25. The van der Waals surface area contributed by atoms with Crippen LogP contribution in [0.5, 0.6) is 5.75 Å². The van der Waals surface area contributed by atoms with E-state index in [2.05, 4.69) is 43.9 Å². The van der Waals surface area contributed by atoms with Crippen LogP contribution in [0.4, 0.5) is 23.0 Å². The number of carbonyl (C=O) groups is 1. The fraction of sp³-hybridized carbons (Fsp3) is 0.250. The number of aryl methyl sites for hydroxylation is 1. The summed E-state index contributed by atoms with van der Waals surface area (Å²) in [4.78, 5) is 25.6. The Balaban J connectivity index is 1.70. The smallest absolute Gasteiger partial charge is 0.247 e. The molecular weight excluding hydrogens is 480 g/mol. The average Bonchev–Trinajstić information content (AvgIpc) is 3.25. The molecule has 3 N–H and O–H groups in total. The largest absolute Gasteiger partial charge is 0.494 e. The van der Waals surface area contributed by atoms with Gasteiger partial charge in [-0.05, 0) is 38.4 Å². The van der Waals surface area contributed by atoms with Gasteiger partial charge in [0.25, 0.3) is 0 Å². The Hall–Kier alpha value is -4.57. The van der Waals surface area contributed by atoms with Gasteiger partial charge in [-0.15, -0.1) is 0 Å². The summed E-state index contributed by atoms with van der Waals surface area (Å²) in [5, 5.41) is 9.34. The van der Waals surface area contributed by atoms with Gasteiger partial charge in [0.1, 0.15) is 5.75 Å². The van der Waals surface area contributed by atoms with E-state index >= 15 is 0 Å². The topological polar surface area (TPSA) is 99.6 Å². The van der Waals surface area contributed by atoms with Crippen LogP contribution in [0.15, 0.2) is 56.0 Å². The molecule has 3 aromatic rings. The van der Waals surface area contributed by atoms with Crippen molar-refractivity contribution in [3.05, 3.63) is 67.3 Å². The third-order valence-corrected chi connectivity index (χ3v) is 6.25. The van der Waals surface area contributed by atoms with Crippen molar-refractivity contribution in [1.82, 2.24) is 24.8 Å². The summed E-state index contributed by atoms with van der Waals surface area (Å²) in [7, 11) is 9.60. The summed E-state index contributed by atoms with van der Waals surface area (Å²) in [6.07, 6.45) is 8.86. The minimum absolute atomic E-state index is 0.306. The van der Waals surface area contributed by atoms with E-state index in [1.54, 1.807) is 13.3 Å². The lowest BCUT2D eigenvalue weighted by molar-refractivity contribution is -0.111.